The third-order valence-electron chi connectivity index (χ3n) is 10.7. The predicted molar refractivity (Wildman–Crippen MR) is 206 cm³/mol. The van der Waals surface area contributed by atoms with Crippen molar-refractivity contribution in [2.75, 3.05) is 6.54 Å². The zero-order valence-electron chi connectivity index (χ0n) is 32.0. The van der Waals surface area contributed by atoms with Gasteiger partial charge in [0.2, 0.25) is 27.4 Å². The van der Waals surface area contributed by atoms with E-state index in [4.69, 9.17) is 23.3 Å². The number of alkyl carbamates (subject to hydrolysis) is 1. The number of nitrogens with one attached hydrogen (secondary N) is 3. The van der Waals surface area contributed by atoms with E-state index in [2.05, 4.69) is 20.3 Å². The van der Waals surface area contributed by atoms with Crippen LogP contribution in [0, 0.1) is 5.92 Å². The second-order valence-corrected chi connectivity index (χ2v) is 18.3. The Hall–Kier alpha value is -5.45. The Morgan fingerprint density at radius 3 is 2.60 bits per heavy atom. The molecule has 0 spiro atoms. The maximum Gasteiger partial charge on any atom is 0.408 e. The van der Waals surface area contributed by atoms with Crippen molar-refractivity contribution in [3.05, 3.63) is 54.8 Å². The van der Waals surface area contributed by atoms with E-state index in [1.165, 1.54) is 11.2 Å². The highest BCUT2D eigenvalue weighted by Gasteiger charge is 2.62. The zero-order chi connectivity index (χ0) is 40.1. The zero-order valence-corrected chi connectivity index (χ0v) is 32.8. The molecule has 8 rings (SSSR count). The van der Waals surface area contributed by atoms with Gasteiger partial charge in [-0.1, -0.05) is 37.1 Å². The van der Waals surface area contributed by atoms with Crippen LogP contribution in [0.2, 0.25) is 0 Å². The first-order valence-corrected chi connectivity index (χ1v) is 21.0. The molecule has 5 atom stereocenters. The van der Waals surface area contributed by atoms with E-state index in [0.717, 1.165) is 18.2 Å². The lowest BCUT2D eigenvalue weighted by Crippen LogP contribution is -2.58. The van der Waals surface area contributed by atoms with Gasteiger partial charge >= 0.3 is 6.09 Å². The second-order valence-electron chi connectivity index (χ2n) is 16.3. The summed E-state index contributed by atoms with van der Waals surface area (Å²) in [5.74, 6) is -1.77. The van der Waals surface area contributed by atoms with Crippen molar-refractivity contribution in [3.8, 4) is 17.5 Å². The van der Waals surface area contributed by atoms with Crippen molar-refractivity contribution in [1.29, 1.82) is 0 Å². The quantitative estimate of drug-likeness (QED) is 0.214. The number of hydrogen-bond acceptors (Lipinski definition) is 12. The summed E-state index contributed by atoms with van der Waals surface area (Å²) in [4.78, 5) is 66.7. The molecule has 16 nitrogen and oxygen atoms in total. The Bertz CT molecular complexity index is 2350. The molecule has 0 unspecified atom stereocenters. The summed E-state index contributed by atoms with van der Waals surface area (Å²) < 4.78 is 51.9. The predicted octanol–water partition coefficient (Wildman–Crippen LogP) is 4.88. The first-order valence-electron chi connectivity index (χ1n) is 19.5. The van der Waals surface area contributed by atoms with E-state index in [9.17, 15) is 27.6 Å². The molecule has 0 bridgehead atoms. The fourth-order valence-corrected chi connectivity index (χ4v) is 8.98. The van der Waals surface area contributed by atoms with Gasteiger partial charge in [0.15, 0.2) is 11.6 Å². The number of furan rings is 2. The molecule has 1 saturated heterocycles. The van der Waals surface area contributed by atoms with E-state index >= 15 is 0 Å². The summed E-state index contributed by atoms with van der Waals surface area (Å²) in [5, 5.41) is 5.69. The molecule has 2 aliphatic heterocycles. The molecule has 3 aromatic heterocycles. The second kappa shape index (κ2) is 14.8. The van der Waals surface area contributed by atoms with Crippen LogP contribution < -0.4 is 20.1 Å². The molecule has 4 aliphatic rings. The number of aromatic nitrogens is 2. The highest BCUT2D eigenvalue weighted by molar-refractivity contribution is 7.91. The summed E-state index contributed by atoms with van der Waals surface area (Å²) in [5.41, 5.74) is -1.08. The number of nitrogens with zero attached hydrogens (tertiary/aromatic N) is 3. The molecule has 4 aromatic rings. The van der Waals surface area contributed by atoms with Crippen molar-refractivity contribution in [2.24, 2.45) is 5.92 Å². The number of allylic oxidation sites excluding steroid dienone is 1. The monoisotopic (exact) mass is 802 g/mol. The molecule has 1 aromatic carbocycles. The summed E-state index contributed by atoms with van der Waals surface area (Å²) >= 11 is 0. The van der Waals surface area contributed by atoms with E-state index in [0.29, 0.717) is 42.5 Å². The van der Waals surface area contributed by atoms with Crippen LogP contribution in [0.3, 0.4) is 0 Å². The van der Waals surface area contributed by atoms with E-state index < -0.39 is 74.3 Å². The fraction of sp³-hybridized carbons (Fsp3) is 0.500. The van der Waals surface area contributed by atoms with Gasteiger partial charge in [0, 0.05) is 17.7 Å². The molecular formula is C40H46N6O10S. The molecule has 3 N–H and O–H groups in total. The van der Waals surface area contributed by atoms with E-state index in [-0.39, 0.29) is 43.1 Å². The van der Waals surface area contributed by atoms with Gasteiger partial charge in [-0.3, -0.25) is 19.1 Å². The van der Waals surface area contributed by atoms with Crippen LogP contribution in [0.5, 0.6) is 5.88 Å². The number of fused-ring (bicyclic) bond motifs is 5. The molecule has 17 heteroatoms. The largest absolute Gasteiger partial charge is 0.470 e. The lowest BCUT2D eigenvalue weighted by atomic mass is 10.0. The first-order chi connectivity index (χ1) is 27.2. The number of ether oxygens (including phenoxy) is 2. The molecule has 4 amide bonds. The van der Waals surface area contributed by atoms with Crippen LogP contribution in [0.15, 0.2) is 63.6 Å². The molecule has 2 saturated carbocycles. The number of para-hydroxylation sites is 1. The van der Waals surface area contributed by atoms with Gasteiger partial charge in [0.1, 0.15) is 40.4 Å². The average molecular weight is 803 g/mol. The fourth-order valence-electron chi connectivity index (χ4n) is 7.62. The lowest BCUT2D eigenvalue weighted by Gasteiger charge is -2.30. The molecule has 57 heavy (non-hydrogen) atoms. The van der Waals surface area contributed by atoms with Gasteiger partial charge in [-0.15, -0.1) is 0 Å². The minimum atomic E-state index is -3.92. The number of hydrogen-bond donors (Lipinski definition) is 3. The van der Waals surface area contributed by atoms with Gasteiger partial charge in [0.25, 0.3) is 11.8 Å². The lowest BCUT2D eigenvalue weighted by molar-refractivity contribution is -0.141. The number of benzene rings is 1. The molecule has 302 valence electrons. The first kappa shape index (κ1) is 38.4. The minimum Gasteiger partial charge on any atom is -0.470 e. The highest BCUT2D eigenvalue weighted by atomic mass is 32.2. The van der Waals surface area contributed by atoms with Crippen molar-refractivity contribution < 1.29 is 45.9 Å². The summed E-state index contributed by atoms with van der Waals surface area (Å²) in [6, 6.07) is 8.54. The third kappa shape index (κ3) is 8.06. The average Bonchev–Trinajstić information content (AvgIpc) is 3.94. The number of rotatable bonds is 7. The van der Waals surface area contributed by atoms with Gasteiger partial charge in [-0.05, 0) is 83.6 Å². The summed E-state index contributed by atoms with van der Waals surface area (Å²) in [6.45, 7) is 5.07. The van der Waals surface area contributed by atoms with Crippen molar-refractivity contribution in [1.82, 2.24) is 30.2 Å². The minimum absolute atomic E-state index is 0.0306. The molecule has 0 radical (unpaired) electrons. The highest BCUT2D eigenvalue weighted by Crippen LogP contribution is 2.46. The number of carbonyl (C=O) groups excluding carboxylic acids is 4. The maximum absolute atomic E-state index is 14.6. The standard InChI is InChI=1S/C40H46N6O10S/c1-39(2,3)56-38(50)41-27-14-8-6-4-5-7-12-23-21-40(23,37(49)45-57(51,52)25-17-18-25)44-34(47)28-20-24(22-46(28)36(27)48)54-35-32-31(26-13-9-10-15-29(26)55-32)42-33(43-35)30-16-11-19-53-30/h7,9-13,15-16,19,23-25,27-28H,4-6,8,14,17-18,20-22H2,1-3H3,(H,41,50)(H,44,47)(H,45,49)/b12-7-/t23-,24+,27-,28+,40-/m1/s1. The molecule has 2 aliphatic carbocycles. The topological polar surface area (TPSA) is 212 Å². The number of carbonyl (C=O) groups is 4. The Morgan fingerprint density at radius 2 is 1.84 bits per heavy atom. The molecule has 3 fully saturated rings. The van der Waals surface area contributed by atoms with Gasteiger partial charge in [0.05, 0.1) is 18.1 Å². The maximum atomic E-state index is 14.6. The summed E-state index contributed by atoms with van der Waals surface area (Å²) in [6.07, 6.45) is 7.83. The molecular weight excluding hydrogens is 757 g/mol. The van der Waals surface area contributed by atoms with Crippen LogP contribution in [-0.4, -0.2) is 88.2 Å². The van der Waals surface area contributed by atoms with Crippen LogP contribution in [0.1, 0.15) is 78.6 Å². The normalized spacial score (nSPS) is 26.4. The van der Waals surface area contributed by atoms with Gasteiger partial charge in [-0.25, -0.2) is 18.2 Å². The van der Waals surface area contributed by atoms with Crippen LogP contribution >= 0.6 is 0 Å². The van der Waals surface area contributed by atoms with E-state index in [1.807, 2.05) is 30.4 Å². The Labute approximate surface area is 329 Å². The number of sulfonamides is 1. The third-order valence-corrected chi connectivity index (χ3v) is 12.6. The van der Waals surface area contributed by atoms with Crippen LogP contribution in [0.4, 0.5) is 4.79 Å². The van der Waals surface area contributed by atoms with Crippen molar-refractivity contribution in [2.45, 2.75) is 113 Å². The van der Waals surface area contributed by atoms with Crippen molar-refractivity contribution >= 4 is 55.9 Å². The smallest absolute Gasteiger partial charge is 0.408 e. The van der Waals surface area contributed by atoms with E-state index in [1.54, 1.807) is 39.0 Å². The van der Waals surface area contributed by atoms with Gasteiger partial charge < -0.3 is 33.8 Å². The van der Waals surface area contributed by atoms with Crippen LogP contribution in [-0.2, 0) is 29.1 Å². The SMILES string of the molecule is CC(C)(C)OC(=O)N[C@@H]1CCCCC/C=C\[C@@H]2C[C@@]2(C(=O)NS(=O)(=O)C2CC2)NC(=O)[C@@H]2C[C@H](Oc3nc(-c4ccco4)nc4c3oc3ccccc34)CN2C1=O. The Kier molecular flexibility index (Phi) is 9.98. The van der Waals surface area contributed by atoms with Gasteiger partial charge in [-0.2, -0.15) is 4.98 Å². The number of amides is 4. The van der Waals surface area contributed by atoms with Crippen LogP contribution in [0.25, 0.3) is 33.7 Å². The summed E-state index contributed by atoms with van der Waals surface area (Å²) in [7, 11) is -3.92. The Morgan fingerprint density at radius 1 is 1.04 bits per heavy atom. The van der Waals surface area contributed by atoms with Crippen molar-refractivity contribution in [3.63, 3.8) is 0 Å². The Balaban J connectivity index is 1.14. The molecule has 5 heterocycles.